The van der Waals surface area contributed by atoms with E-state index in [1.807, 2.05) is 13.8 Å². The van der Waals surface area contributed by atoms with E-state index in [0.717, 1.165) is 0 Å². The second-order valence-electron chi connectivity index (χ2n) is 4.89. The van der Waals surface area contributed by atoms with Crippen LogP contribution in [0.1, 0.15) is 32.3 Å². The van der Waals surface area contributed by atoms with Crippen molar-refractivity contribution in [1.29, 1.82) is 5.26 Å². The smallest absolute Gasteiger partial charge is 0.303 e. The quantitative estimate of drug-likeness (QED) is 0.777. The molecule has 6 heteroatoms. The van der Waals surface area contributed by atoms with Gasteiger partial charge in [0.25, 0.3) is 0 Å². The molecule has 0 aliphatic rings. The summed E-state index contributed by atoms with van der Waals surface area (Å²) < 4.78 is 0. The third kappa shape index (κ3) is 3.38. The molecule has 0 bridgehead atoms. The monoisotopic (exact) mass is 333 g/mol. The van der Waals surface area contributed by atoms with Crippen molar-refractivity contribution in [2.75, 3.05) is 0 Å². The molecule has 1 unspecified atom stereocenters. The molecule has 0 spiro atoms. The highest BCUT2D eigenvalue weighted by atomic mass is 35.5. The van der Waals surface area contributed by atoms with E-state index < -0.39 is 11.4 Å². The molecular weight excluding hydrogens is 321 g/mol. The predicted octanol–water partition coefficient (Wildman–Crippen LogP) is 4.93. The second-order valence-corrected chi connectivity index (χ2v) is 6.08. The molecule has 1 atom stereocenters. The van der Waals surface area contributed by atoms with Gasteiger partial charge in [-0.25, -0.2) is 0 Å². The lowest BCUT2D eigenvalue weighted by atomic mass is 9.70. The van der Waals surface area contributed by atoms with E-state index in [2.05, 4.69) is 6.07 Å². The molecule has 0 radical (unpaired) electrons. The largest absolute Gasteiger partial charge is 0.481 e. The topological polar surface area (TPSA) is 61.1 Å². The maximum absolute atomic E-state index is 10.8. The van der Waals surface area contributed by atoms with Crippen LogP contribution in [0.5, 0.6) is 0 Å². The van der Waals surface area contributed by atoms with Gasteiger partial charge in [0, 0.05) is 6.42 Å². The number of halogens is 3. The van der Waals surface area contributed by atoms with Gasteiger partial charge in [0.2, 0.25) is 0 Å². The van der Waals surface area contributed by atoms with Gasteiger partial charge in [-0.1, -0.05) is 48.7 Å². The fraction of sp³-hybridized carbons (Fsp3) is 0.429. The van der Waals surface area contributed by atoms with Crippen molar-refractivity contribution in [2.24, 2.45) is 5.92 Å². The summed E-state index contributed by atoms with van der Waals surface area (Å²) in [5.74, 6) is -1.04. The molecule has 1 aromatic carbocycles. The summed E-state index contributed by atoms with van der Waals surface area (Å²) in [4.78, 5) is 10.8. The summed E-state index contributed by atoms with van der Waals surface area (Å²) in [7, 11) is 0. The summed E-state index contributed by atoms with van der Waals surface area (Å²) in [6, 6.07) is 5.41. The third-order valence-electron chi connectivity index (χ3n) is 3.42. The molecule has 108 valence electrons. The Morgan fingerprint density at radius 3 is 2.20 bits per heavy atom. The summed E-state index contributed by atoms with van der Waals surface area (Å²) in [6.45, 7) is 3.73. The highest BCUT2D eigenvalue weighted by Gasteiger charge is 2.37. The van der Waals surface area contributed by atoms with Gasteiger partial charge in [0.15, 0.2) is 0 Å². The Balaban J connectivity index is 3.38. The maximum atomic E-state index is 10.8. The molecule has 0 aliphatic heterocycles. The van der Waals surface area contributed by atoms with Crippen LogP contribution < -0.4 is 0 Å². The average Bonchev–Trinajstić information content (AvgIpc) is 2.36. The van der Waals surface area contributed by atoms with Crippen molar-refractivity contribution in [1.82, 2.24) is 0 Å². The molecule has 0 saturated carbocycles. The standard InChI is InChI=1S/C14H14Cl3NO2/c1-8(2)14(7-18,4-3-12(19)20)9-5-10(15)13(17)11(16)6-9/h5-6,8H,3-4H2,1-2H3,(H,19,20). The molecule has 0 aliphatic carbocycles. The van der Waals surface area contributed by atoms with Gasteiger partial charge in [-0.3, -0.25) is 4.79 Å². The zero-order chi connectivity index (χ0) is 15.5. The third-order valence-corrected chi connectivity index (χ3v) is 4.61. The van der Waals surface area contributed by atoms with Gasteiger partial charge in [0.1, 0.15) is 0 Å². The summed E-state index contributed by atoms with van der Waals surface area (Å²) in [5, 5.41) is 19.2. The predicted molar refractivity (Wildman–Crippen MR) is 80.5 cm³/mol. The number of nitriles is 1. The Bertz CT molecular complexity index is 543. The molecular formula is C14H14Cl3NO2. The van der Waals surface area contributed by atoms with E-state index in [9.17, 15) is 10.1 Å². The van der Waals surface area contributed by atoms with Crippen molar-refractivity contribution in [3.8, 4) is 6.07 Å². The first-order chi connectivity index (χ1) is 9.24. The Kier molecular flexibility index (Phi) is 5.70. The Labute approximate surface area is 133 Å². The Hall–Kier alpha value is -0.950. The first kappa shape index (κ1) is 17.1. The molecule has 1 N–H and O–H groups in total. The first-order valence-corrected chi connectivity index (χ1v) is 7.16. The molecule has 0 saturated heterocycles. The minimum atomic E-state index is -0.962. The summed E-state index contributed by atoms with van der Waals surface area (Å²) >= 11 is 17.9. The van der Waals surface area contributed by atoms with Crippen molar-refractivity contribution in [3.05, 3.63) is 32.8 Å². The zero-order valence-corrected chi connectivity index (χ0v) is 13.4. The van der Waals surface area contributed by atoms with E-state index in [4.69, 9.17) is 39.9 Å². The van der Waals surface area contributed by atoms with Gasteiger partial charge >= 0.3 is 5.97 Å². The number of rotatable bonds is 5. The van der Waals surface area contributed by atoms with E-state index in [0.29, 0.717) is 5.56 Å². The minimum absolute atomic E-state index is 0.0971. The van der Waals surface area contributed by atoms with Crippen LogP contribution in [0.3, 0.4) is 0 Å². The maximum Gasteiger partial charge on any atom is 0.303 e. The van der Waals surface area contributed by atoms with Crippen molar-refractivity contribution >= 4 is 40.8 Å². The van der Waals surface area contributed by atoms with Crippen molar-refractivity contribution < 1.29 is 9.90 Å². The fourth-order valence-corrected chi connectivity index (χ4v) is 2.73. The highest BCUT2D eigenvalue weighted by Crippen LogP contribution is 2.41. The number of benzene rings is 1. The van der Waals surface area contributed by atoms with E-state index in [-0.39, 0.29) is 33.8 Å². The van der Waals surface area contributed by atoms with Crippen LogP contribution >= 0.6 is 34.8 Å². The molecule has 0 fully saturated rings. The van der Waals surface area contributed by atoms with Crippen LogP contribution in [0.4, 0.5) is 0 Å². The van der Waals surface area contributed by atoms with Gasteiger partial charge in [-0.15, -0.1) is 0 Å². The average molecular weight is 335 g/mol. The molecule has 1 rings (SSSR count). The van der Waals surface area contributed by atoms with E-state index in [1.165, 1.54) is 0 Å². The number of hydrogen-bond donors (Lipinski definition) is 1. The van der Waals surface area contributed by atoms with Crippen LogP contribution in [-0.4, -0.2) is 11.1 Å². The molecule has 1 aromatic rings. The summed E-state index contributed by atoms with van der Waals surface area (Å²) in [6.07, 6.45) is 0.0778. The number of carboxylic acid groups (broad SMARTS) is 1. The number of nitrogens with zero attached hydrogens (tertiary/aromatic N) is 1. The molecule has 0 amide bonds. The number of hydrogen-bond acceptors (Lipinski definition) is 2. The van der Waals surface area contributed by atoms with Gasteiger partial charge in [0.05, 0.1) is 26.6 Å². The van der Waals surface area contributed by atoms with Crippen LogP contribution in [0.25, 0.3) is 0 Å². The normalized spacial score (nSPS) is 13.8. The number of aliphatic carboxylic acids is 1. The Morgan fingerprint density at radius 2 is 1.85 bits per heavy atom. The van der Waals surface area contributed by atoms with Gasteiger partial charge < -0.3 is 5.11 Å². The lowest BCUT2D eigenvalue weighted by Gasteiger charge is -2.31. The van der Waals surface area contributed by atoms with Gasteiger partial charge in [-0.05, 0) is 30.0 Å². The van der Waals surface area contributed by atoms with Crippen LogP contribution in [0, 0.1) is 17.2 Å². The zero-order valence-electron chi connectivity index (χ0n) is 11.1. The van der Waals surface area contributed by atoms with Crippen LogP contribution in [-0.2, 0) is 10.2 Å². The molecule has 3 nitrogen and oxygen atoms in total. The van der Waals surface area contributed by atoms with Crippen molar-refractivity contribution in [2.45, 2.75) is 32.1 Å². The summed E-state index contributed by atoms with van der Waals surface area (Å²) in [5.41, 5.74) is -0.369. The van der Waals surface area contributed by atoms with Crippen LogP contribution in [0.15, 0.2) is 12.1 Å². The number of carbonyl (C=O) groups is 1. The number of carboxylic acids is 1. The molecule has 0 aromatic heterocycles. The SMILES string of the molecule is CC(C)C(C#N)(CCC(=O)O)c1cc(Cl)c(Cl)c(Cl)c1. The highest BCUT2D eigenvalue weighted by molar-refractivity contribution is 6.48. The lowest BCUT2D eigenvalue weighted by Crippen LogP contribution is -2.31. The minimum Gasteiger partial charge on any atom is -0.481 e. The molecule has 0 heterocycles. The second kappa shape index (κ2) is 6.67. The van der Waals surface area contributed by atoms with E-state index in [1.54, 1.807) is 12.1 Å². The van der Waals surface area contributed by atoms with Crippen molar-refractivity contribution in [3.63, 3.8) is 0 Å². The fourth-order valence-electron chi connectivity index (χ4n) is 2.13. The van der Waals surface area contributed by atoms with E-state index >= 15 is 0 Å². The Morgan fingerprint density at radius 1 is 1.35 bits per heavy atom. The van der Waals surface area contributed by atoms with Crippen LogP contribution in [0.2, 0.25) is 15.1 Å². The first-order valence-electron chi connectivity index (χ1n) is 6.02. The lowest BCUT2D eigenvalue weighted by molar-refractivity contribution is -0.137. The molecule has 20 heavy (non-hydrogen) atoms. The van der Waals surface area contributed by atoms with Gasteiger partial charge in [-0.2, -0.15) is 5.26 Å².